The van der Waals surface area contributed by atoms with E-state index in [-0.39, 0.29) is 5.91 Å². The number of benzene rings is 1. The Labute approximate surface area is 91.9 Å². The van der Waals surface area contributed by atoms with E-state index in [1.54, 1.807) is 4.90 Å². The van der Waals surface area contributed by atoms with E-state index in [4.69, 9.17) is 0 Å². The fourth-order valence-electron chi connectivity index (χ4n) is 1.64. The van der Waals surface area contributed by atoms with Gasteiger partial charge in [-0.15, -0.1) is 0 Å². The third-order valence-corrected chi connectivity index (χ3v) is 2.63. The van der Waals surface area contributed by atoms with Crippen LogP contribution in [0.1, 0.15) is 30.0 Å². The molecule has 1 aromatic carbocycles. The van der Waals surface area contributed by atoms with Gasteiger partial charge in [0, 0.05) is 20.0 Å². The van der Waals surface area contributed by atoms with Crippen LogP contribution in [0.25, 0.3) is 0 Å². The van der Waals surface area contributed by atoms with Crippen LogP contribution in [0.3, 0.4) is 0 Å². The molecule has 0 spiro atoms. The van der Waals surface area contributed by atoms with Gasteiger partial charge >= 0.3 is 0 Å². The van der Waals surface area contributed by atoms with Gasteiger partial charge in [0.1, 0.15) is 0 Å². The third kappa shape index (κ3) is 3.08. The first-order chi connectivity index (χ1) is 7.04. The number of rotatable bonds is 3. The number of hydrogen-bond donors (Lipinski definition) is 0. The number of amides is 1. The minimum absolute atomic E-state index is 0.190. The summed E-state index contributed by atoms with van der Waals surface area (Å²) < 4.78 is 0. The second-order valence-electron chi connectivity index (χ2n) is 4.03. The van der Waals surface area contributed by atoms with E-state index in [0.717, 1.165) is 0 Å². The lowest BCUT2D eigenvalue weighted by Gasteiger charge is -2.17. The van der Waals surface area contributed by atoms with Crippen LogP contribution in [0.2, 0.25) is 0 Å². The first-order valence-electron chi connectivity index (χ1n) is 5.34. The second kappa shape index (κ2) is 4.96. The van der Waals surface area contributed by atoms with Crippen molar-refractivity contribution < 1.29 is 4.79 Å². The van der Waals surface area contributed by atoms with E-state index in [1.165, 1.54) is 16.7 Å². The molecular formula is C13H19NO. The normalized spacial score (nSPS) is 10.1. The lowest BCUT2D eigenvalue weighted by atomic mass is 10.1. The molecule has 1 aromatic rings. The maximum atomic E-state index is 11.4. The first-order valence-corrected chi connectivity index (χ1v) is 5.34. The molecule has 0 saturated carbocycles. The highest BCUT2D eigenvalue weighted by Gasteiger charge is 2.07. The van der Waals surface area contributed by atoms with E-state index < -0.39 is 0 Å². The molecule has 0 atom stereocenters. The Hall–Kier alpha value is -1.31. The summed E-state index contributed by atoms with van der Waals surface area (Å²) in [7, 11) is 1.85. The van der Waals surface area contributed by atoms with E-state index in [9.17, 15) is 4.79 Å². The molecular weight excluding hydrogens is 186 g/mol. The smallest absolute Gasteiger partial charge is 0.222 e. The van der Waals surface area contributed by atoms with Crippen molar-refractivity contribution in [3.05, 3.63) is 34.9 Å². The topological polar surface area (TPSA) is 20.3 Å². The molecule has 0 unspecified atom stereocenters. The summed E-state index contributed by atoms with van der Waals surface area (Å²) in [5.74, 6) is 0.190. The summed E-state index contributed by atoms with van der Waals surface area (Å²) in [5.41, 5.74) is 3.75. The largest absolute Gasteiger partial charge is 0.341 e. The van der Waals surface area contributed by atoms with E-state index >= 15 is 0 Å². The van der Waals surface area contributed by atoms with Crippen molar-refractivity contribution in [3.8, 4) is 0 Å². The van der Waals surface area contributed by atoms with Crippen molar-refractivity contribution in [2.24, 2.45) is 0 Å². The zero-order valence-corrected chi connectivity index (χ0v) is 10.0. The molecule has 0 bridgehead atoms. The van der Waals surface area contributed by atoms with Crippen LogP contribution in [0.5, 0.6) is 0 Å². The summed E-state index contributed by atoms with van der Waals surface area (Å²) in [6, 6.07) is 6.34. The van der Waals surface area contributed by atoms with Crippen molar-refractivity contribution in [3.63, 3.8) is 0 Å². The standard InChI is InChI=1S/C13H19NO/c1-5-13(15)14(4)9-12-7-6-10(2)8-11(12)3/h6-8H,5,9H2,1-4H3. The summed E-state index contributed by atoms with van der Waals surface area (Å²) >= 11 is 0. The van der Waals surface area contributed by atoms with Gasteiger partial charge < -0.3 is 4.90 Å². The van der Waals surface area contributed by atoms with Gasteiger partial charge in [-0.1, -0.05) is 30.7 Å². The molecule has 0 saturated heterocycles. The van der Waals surface area contributed by atoms with Crippen LogP contribution in [-0.4, -0.2) is 17.9 Å². The highest BCUT2D eigenvalue weighted by Crippen LogP contribution is 2.12. The van der Waals surface area contributed by atoms with Crippen molar-refractivity contribution in [1.82, 2.24) is 4.90 Å². The van der Waals surface area contributed by atoms with E-state index in [2.05, 4.69) is 32.0 Å². The number of carbonyl (C=O) groups excluding carboxylic acids is 1. The molecule has 15 heavy (non-hydrogen) atoms. The summed E-state index contributed by atoms with van der Waals surface area (Å²) in [4.78, 5) is 13.2. The highest BCUT2D eigenvalue weighted by molar-refractivity contribution is 5.75. The Morgan fingerprint density at radius 1 is 1.33 bits per heavy atom. The minimum Gasteiger partial charge on any atom is -0.341 e. The number of carbonyl (C=O) groups is 1. The number of aryl methyl sites for hydroxylation is 2. The molecule has 0 heterocycles. The van der Waals surface area contributed by atoms with Crippen LogP contribution in [0.15, 0.2) is 18.2 Å². The molecule has 0 fully saturated rings. The van der Waals surface area contributed by atoms with Crippen molar-refractivity contribution in [1.29, 1.82) is 0 Å². The first kappa shape index (κ1) is 11.8. The molecule has 1 amide bonds. The van der Waals surface area contributed by atoms with Gasteiger partial charge in [0.15, 0.2) is 0 Å². The number of hydrogen-bond acceptors (Lipinski definition) is 1. The Kier molecular flexibility index (Phi) is 3.89. The van der Waals surface area contributed by atoms with Gasteiger partial charge in [0.2, 0.25) is 5.91 Å². The van der Waals surface area contributed by atoms with Crippen LogP contribution in [-0.2, 0) is 11.3 Å². The van der Waals surface area contributed by atoms with Crippen LogP contribution >= 0.6 is 0 Å². The second-order valence-corrected chi connectivity index (χ2v) is 4.03. The summed E-state index contributed by atoms with van der Waals surface area (Å²) in [6.45, 7) is 6.77. The molecule has 0 aliphatic rings. The van der Waals surface area contributed by atoms with E-state index in [0.29, 0.717) is 13.0 Å². The van der Waals surface area contributed by atoms with E-state index in [1.807, 2.05) is 14.0 Å². The Balaban J connectivity index is 2.76. The van der Waals surface area contributed by atoms with Crippen molar-refractivity contribution >= 4 is 5.91 Å². The lowest BCUT2D eigenvalue weighted by Crippen LogP contribution is -2.25. The Bertz CT molecular complexity index is 358. The zero-order chi connectivity index (χ0) is 11.4. The van der Waals surface area contributed by atoms with Crippen molar-refractivity contribution in [2.75, 3.05) is 7.05 Å². The van der Waals surface area contributed by atoms with Gasteiger partial charge in [-0.3, -0.25) is 4.79 Å². The SMILES string of the molecule is CCC(=O)N(C)Cc1ccc(C)cc1C. The zero-order valence-electron chi connectivity index (χ0n) is 10.0. The number of nitrogens with zero attached hydrogens (tertiary/aromatic N) is 1. The fourth-order valence-corrected chi connectivity index (χ4v) is 1.64. The monoisotopic (exact) mass is 205 g/mol. The van der Waals surface area contributed by atoms with Gasteiger partial charge in [0.05, 0.1) is 0 Å². The summed E-state index contributed by atoms with van der Waals surface area (Å²) in [5, 5.41) is 0. The molecule has 82 valence electrons. The van der Waals surface area contributed by atoms with Gasteiger partial charge in [-0.05, 0) is 25.0 Å². The molecule has 0 aliphatic heterocycles. The molecule has 0 aliphatic carbocycles. The van der Waals surface area contributed by atoms with Gasteiger partial charge in [0.25, 0.3) is 0 Å². The molecule has 0 radical (unpaired) electrons. The molecule has 2 nitrogen and oxygen atoms in total. The highest BCUT2D eigenvalue weighted by atomic mass is 16.2. The molecule has 1 rings (SSSR count). The predicted molar refractivity (Wildman–Crippen MR) is 62.7 cm³/mol. The molecule has 2 heteroatoms. The minimum atomic E-state index is 0.190. The summed E-state index contributed by atoms with van der Waals surface area (Å²) in [6.07, 6.45) is 0.571. The Morgan fingerprint density at radius 3 is 2.53 bits per heavy atom. The van der Waals surface area contributed by atoms with Crippen LogP contribution in [0, 0.1) is 13.8 Å². The maximum absolute atomic E-state index is 11.4. The predicted octanol–water partition coefficient (Wildman–Crippen LogP) is 2.67. The third-order valence-electron chi connectivity index (χ3n) is 2.63. The quantitative estimate of drug-likeness (QED) is 0.743. The Morgan fingerprint density at radius 2 is 2.00 bits per heavy atom. The van der Waals surface area contributed by atoms with Gasteiger partial charge in [-0.25, -0.2) is 0 Å². The fraction of sp³-hybridized carbons (Fsp3) is 0.462. The van der Waals surface area contributed by atoms with Crippen LogP contribution in [0.4, 0.5) is 0 Å². The average Bonchev–Trinajstić information content (AvgIpc) is 2.20. The molecule has 0 N–H and O–H groups in total. The van der Waals surface area contributed by atoms with Gasteiger partial charge in [-0.2, -0.15) is 0 Å². The van der Waals surface area contributed by atoms with Crippen molar-refractivity contribution in [2.45, 2.75) is 33.7 Å². The average molecular weight is 205 g/mol. The molecule has 0 aromatic heterocycles. The van der Waals surface area contributed by atoms with Crippen LogP contribution < -0.4 is 0 Å². The lowest BCUT2D eigenvalue weighted by molar-refractivity contribution is -0.130. The maximum Gasteiger partial charge on any atom is 0.222 e.